The van der Waals surface area contributed by atoms with Gasteiger partial charge in [0.05, 0.1) is 10.5 Å². The number of amides is 1. The summed E-state index contributed by atoms with van der Waals surface area (Å²) in [4.78, 5) is 24.4. The molecule has 0 aromatic heterocycles. The highest BCUT2D eigenvalue weighted by atomic mass is 35.5. The predicted molar refractivity (Wildman–Crippen MR) is 105 cm³/mol. The fraction of sp³-hybridized carbons (Fsp3) is 0.263. The van der Waals surface area contributed by atoms with Crippen LogP contribution in [0.3, 0.4) is 0 Å². The first-order chi connectivity index (χ1) is 13.1. The number of nitrogens with zero attached hydrogens (tertiary/aromatic N) is 1. The van der Waals surface area contributed by atoms with Crippen LogP contribution in [-0.4, -0.2) is 44.8 Å². The molecule has 1 amide bonds. The van der Waals surface area contributed by atoms with E-state index >= 15 is 0 Å². The molecule has 9 heteroatoms. The first kappa shape index (κ1) is 21.9. The Morgan fingerprint density at radius 3 is 2.46 bits per heavy atom. The Morgan fingerprint density at radius 1 is 1.14 bits per heavy atom. The number of carbonyl (C=O) groups excluding carboxylic acids is 2. The van der Waals surface area contributed by atoms with Crippen LogP contribution < -0.4 is 5.32 Å². The van der Waals surface area contributed by atoms with E-state index in [4.69, 9.17) is 16.3 Å². The van der Waals surface area contributed by atoms with E-state index in [2.05, 4.69) is 5.32 Å². The number of benzene rings is 2. The second-order valence-electron chi connectivity index (χ2n) is 6.17. The maximum Gasteiger partial charge on any atom is 0.338 e. The molecule has 2 aromatic carbocycles. The molecule has 1 atom stereocenters. The van der Waals surface area contributed by atoms with E-state index in [0.29, 0.717) is 5.02 Å². The summed E-state index contributed by atoms with van der Waals surface area (Å²) in [6.07, 6.45) is -1.07. The lowest BCUT2D eigenvalue weighted by molar-refractivity contribution is -0.129. The minimum absolute atomic E-state index is 0.0358. The molecule has 1 unspecified atom stereocenters. The number of hydrogen-bond donors (Lipinski definition) is 1. The normalized spacial score (nSPS) is 12.5. The topological polar surface area (TPSA) is 92.8 Å². The average Bonchev–Trinajstić information content (AvgIpc) is 2.66. The van der Waals surface area contributed by atoms with E-state index in [1.165, 1.54) is 45.3 Å². The summed E-state index contributed by atoms with van der Waals surface area (Å²) in [7, 11) is -0.898. The lowest BCUT2D eigenvalue weighted by atomic mass is 10.2. The highest BCUT2D eigenvalue weighted by Crippen LogP contribution is 2.17. The molecule has 0 aliphatic heterocycles. The van der Waals surface area contributed by atoms with E-state index in [-0.39, 0.29) is 17.0 Å². The quantitative estimate of drug-likeness (QED) is 0.689. The first-order valence-electron chi connectivity index (χ1n) is 8.37. The van der Waals surface area contributed by atoms with E-state index in [1.54, 1.807) is 24.3 Å². The number of hydrogen-bond acceptors (Lipinski definition) is 5. The molecule has 7 nitrogen and oxygen atoms in total. The molecule has 28 heavy (non-hydrogen) atoms. The SMILES string of the molecule is CC(OC(=O)c1cccc(S(=O)(=O)N(C)C)c1)C(=O)NCc1ccccc1Cl. The van der Waals surface area contributed by atoms with Crippen LogP contribution in [0.2, 0.25) is 5.02 Å². The average molecular weight is 425 g/mol. The Morgan fingerprint density at radius 2 is 1.82 bits per heavy atom. The van der Waals surface area contributed by atoms with Gasteiger partial charge in [-0.15, -0.1) is 0 Å². The Hall–Kier alpha value is -2.42. The van der Waals surface area contributed by atoms with Gasteiger partial charge in [0, 0.05) is 25.7 Å². The van der Waals surface area contributed by atoms with Crippen molar-refractivity contribution in [3.63, 3.8) is 0 Å². The van der Waals surface area contributed by atoms with Gasteiger partial charge in [0.2, 0.25) is 10.0 Å². The fourth-order valence-electron chi connectivity index (χ4n) is 2.24. The van der Waals surface area contributed by atoms with Crippen molar-refractivity contribution >= 4 is 33.5 Å². The molecule has 2 rings (SSSR count). The largest absolute Gasteiger partial charge is 0.449 e. The van der Waals surface area contributed by atoms with Gasteiger partial charge in [-0.1, -0.05) is 35.9 Å². The summed E-state index contributed by atoms with van der Waals surface area (Å²) in [5.74, 6) is -1.29. The lowest BCUT2D eigenvalue weighted by Crippen LogP contribution is -2.35. The van der Waals surface area contributed by atoms with Gasteiger partial charge in [-0.05, 0) is 36.8 Å². The zero-order valence-electron chi connectivity index (χ0n) is 15.7. The Bertz CT molecular complexity index is 976. The van der Waals surface area contributed by atoms with Crippen LogP contribution in [0.1, 0.15) is 22.8 Å². The van der Waals surface area contributed by atoms with Crippen molar-refractivity contribution < 1.29 is 22.7 Å². The Balaban J connectivity index is 2.02. The van der Waals surface area contributed by atoms with Crippen LogP contribution in [0.25, 0.3) is 0 Å². The van der Waals surface area contributed by atoms with Crippen LogP contribution >= 0.6 is 11.6 Å². The number of sulfonamides is 1. The molecule has 0 aliphatic carbocycles. The Kier molecular flexibility index (Phi) is 7.17. The van der Waals surface area contributed by atoms with Gasteiger partial charge < -0.3 is 10.1 Å². The van der Waals surface area contributed by atoms with Crippen molar-refractivity contribution in [2.24, 2.45) is 0 Å². The summed E-state index contributed by atoms with van der Waals surface area (Å²) < 4.78 is 30.6. The number of nitrogens with one attached hydrogen (secondary N) is 1. The molecule has 0 heterocycles. The molecule has 0 spiro atoms. The number of carbonyl (C=O) groups is 2. The molecule has 0 saturated carbocycles. The highest BCUT2D eigenvalue weighted by Gasteiger charge is 2.22. The number of esters is 1. The summed E-state index contributed by atoms with van der Waals surface area (Å²) in [5.41, 5.74) is 0.770. The number of rotatable bonds is 7. The number of halogens is 1. The summed E-state index contributed by atoms with van der Waals surface area (Å²) >= 11 is 6.04. The van der Waals surface area contributed by atoms with Gasteiger partial charge in [0.1, 0.15) is 0 Å². The molecule has 0 bridgehead atoms. The highest BCUT2D eigenvalue weighted by molar-refractivity contribution is 7.89. The zero-order valence-corrected chi connectivity index (χ0v) is 17.3. The third kappa shape index (κ3) is 5.31. The van der Waals surface area contributed by atoms with Crippen molar-refractivity contribution in [3.05, 3.63) is 64.7 Å². The van der Waals surface area contributed by atoms with E-state index < -0.39 is 28.0 Å². The third-order valence-corrected chi connectivity index (χ3v) is 6.09. The van der Waals surface area contributed by atoms with E-state index in [9.17, 15) is 18.0 Å². The summed E-state index contributed by atoms with van der Waals surface area (Å²) in [6, 6.07) is 12.5. The van der Waals surface area contributed by atoms with Crippen molar-refractivity contribution in [1.29, 1.82) is 0 Å². The molecular weight excluding hydrogens is 404 g/mol. The molecule has 0 saturated heterocycles. The van der Waals surface area contributed by atoms with Crippen LogP contribution in [0.5, 0.6) is 0 Å². The second-order valence-corrected chi connectivity index (χ2v) is 8.73. The molecule has 0 fully saturated rings. The maximum absolute atomic E-state index is 12.3. The molecule has 1 N–H and O–H groups in total. The minimum Gasteiger partial charge on any atom is -0.449 e. The van der Waals surface area contributed by atoms with Gasteiger partial charge >= 0.3 is 5.97 Å². The van der Waals surface area contributed by atoms with Gasteiger partial charge in [0.15, 0.2) is 6.10 Å². The van der Waals surface area contributed by atoms with Crippen molar-refractivity contribution in [2.75, 3.05) is 14.1 Å². The van der Waals surface area contributed by atoms with Gasteiger partial charge in [-0.2, -0.15) is 0 Å². The minimum atomic E-state index is -3.69. The van der Waals surface area contributed by atoms with Crippen LogP contribution in [0, 0.1) is 0 Å². The van der Waals surface area contributed by atoms with Crippen molar-refractivity contribution in [2.45, 2.75) is 24.5 Å². The van der Waals surface area contributed by atoms with Crippen LogP contribution in [-0.2, 0) is 26.1 Å². The van der Waals surface area contributed by atoms with Crippen molar-refractivity contribution in [1.82, 2.24) is 9.62 Å². The van der Waals surface area contributed by atoms with Gasteiger partial charge in [-0.3, -0.25) is 4.79 Å². The molecule has 2 aromatic rings. The van der Waals surface area contributed by atoms with E-state index in [1.807, 2.05) is 0 Å². The maximum atomic E-state index is 12.3. The molecule has 0 radical (unpaired) electrons. The fourth-order valence-corrected chi connectivity index (χ4v) is 3.39. The molecule has 150 valence electrons. The molecular formula is C19H21ClN2O5S. The van der Waals surface area contributed by atoms with Crippen molar-refractivity contribution in [3.8, 4) is 0 Å². The smallest absolute Gasteiger partial charge is 0.338 e. The predicted octanol–water partition coefficient (Wildman–Crippen LogP) is 2.45. The third-order valence-electron chi connectivity index (χ3n) is 3.91. The lowest BCUT2D eigenvalue weighted by Gasteiger charge is -2.15. The van der Waals surface area contributed by atoms with Gasteiger partial charge in [-0.25, -0.2) is 17.5 Å². The Labute approximate surface area is 169 Å². The first-order valence-corrected chi connectivity index (χ1v) is 10.2. The standard InChI is InChI=1S/C19H21ClN2O5S/c1-13(18(23)21-12-15-7-4-5-10-17(15)20)27-19(24)14-8-6-9-16(11-14)28(25,26)22(2)3/h4-11,13H,12H2,1-3H3,(H,21,23). The molecule has 0 aliphatic rings. The zero-order chi connectivity index (χ0) is 20.9. The summed E-state index contributed by atoms with van der Waals surface area (Å²) in [6.45, 7) is 1.62. The second kappa shape index (κ2) is 9.18. The monoisotopic (exact) mass is 424 g/mol. The van der Waals surface area contributed by atoms with Crippen LogP contribution in [0.15, 0.2) is 53.4 Å². The van der Waals surface area contributed by atoms with Crippen LogP contribution in [0.4, 0.5) is 0 Å². The van der Waals surface area contributed by atoms with E-state index in [0.717, 1.165) is 9.87 Å². The number of ether oxygens (including phenoxy) is 1. The summed E-state index contributed by atoms with van der Waals surface area (Å²) in [5, 5.41) is 3.16. The van der Waals surface area contributed by atoms with Gasteiger partial charge in [0.25, 0.3) is 5.91 Å².